The molecule has 2 heterocycles. The summed E-state index contributed by atoms with van der Waals surface area (Å²) >= 11 is 5.85. The van der Waals surface area contributed by atoms with E-state index in [1.807, 2.05) is 4.90 Å². The standard InChI is InChI=1S/C19H25ClN4O3/c1-3-18(26)24-11-15(12-24)22-6-8-23(9-7-22)19(27)13-21(2)16-5-4-14(20)10-17(16)25/h3-5,10,15,25H,1,6-9,11-13H2,2H3. The van der Waals surface area contributed by atoms with Crippen molar-refractivity contribution in [1.29, 1.82) is 0 Å². The first-order chi connectivity index (χ1) is 12.9. The van der Waals surface area contributed by atoms with Gasteiger partial charge in [0.2, 0.25) is 11.8 Å². The van der Waals surface area contributed by atoms with E-state index in [0.29, 0.717) is 29.8 Å². The van der Waals surface area contributed by atoms with Crippen molar-refractivity contribution in [2.45, 2.75) is 6.04 Å². The number of rotatable bonds is 5. The van der Waals surface area contributed by atoms with Gasteiger partial charge in [-0.2, -0.15) is 0 Å². The van der Waals surface area contributed by atoms with E-state index in [-0.39, 0.29) is 24.1 Å². The minimum Gasteiger partial charge on any atom is -0.506 e. The molecule has 2 saturated heterocycles. The van der Waals surface area contributed by atoms with E-state index in [0.717, 1.165) is 26.2 Å². The van der Waals surface area contributed by atoms with Gasteiger partial charge in [0.05, 0.1) is 12.2 Å². The highest BCUT2D eigenvalue weighted by Crippen LogP contribution is 2.29. The third-order valence-corrected chi connectivity index (χ3v) is 5.49. The van der Waals surface area contributed by atoms with Crippen LogP contribution in [-0.2, 0) is 9.59 Å². The van der Waals surface area contributed by atoms with Crippen molar-refractivity contribution in [3.63, 3.8) is 0 Å². The molecule has 1 aromatic rings. The van der Waals surface area contributed by atoms with Crippen molar-refractivity contribution in [3.05, 3.63) is 35.9 Å². The van der Waals surface area contributed by atoms with Gasteiger partial charge in [-0.25, -0.2) is 0 Å². The van der Waals surface area contributed by atoms with Crippen LogP contribution in [0.1, 0.15) is 0 Å². The lowest BCUT2D eigenvalue weighted by atomic mass is 10.1. The molecule has 0 unspecified atom stereocenters. The van der Waals surface area contributed by atoms with Gasteiger partial charge >= 0.3 is 0 Å². The minimum atomic E-state index is -0.0199. The molecule has 0 aromatic heterocycles. The Hall–Kier alpha value is -2.25. The molecule has 0 radical (unpaired) electrons. The number of piperazine rings is 1. The highest BCUT2D eigenvalue weighted by atomic mass is 35.5. The molecule has 146 valence electrons. The van der Waals surface area contributed by atoms with Gasteiger partial charge in [-0.1, -0.05) is 18.2 Å². The molecular weight excluding hydrogens is 368 g/mol. The number of amides is 2. The molecule has 7 nitrogen and oxygen atoms in total. The molecule has 2 fully saturated rings. The zero-order chi connectivity index (χ0) is 19.6. The molecule has 0 bridgehead atoms. The fourth-order valence-electron chi connectivity index (χ4n) is 3.54. The number of hydrogen-bond acceptors (Lipinski definition) is 5. The SMILES string of the molecule is C=CC(=O)N1CC(N2CCN(C(=O)CN(C)c3ccc(Cl)cc3O)CC2)C1. The zero-order valence-electron chi connectivity index (χ0n) is 15.5. The third kappa shape index (κ3) is 4.36. The minimum absolute atomic E-state index is 0.0199. The summed E-state index contributed by atoms with van der Waals surface area (Å²) in [5, 5.41) is 10.5. The maximum Gasteiger partial charge on any atom is 0.246 e. The Morgan fingerprint density at radius 2 is 1.93 bits per heavy atom. The average Bonchev–Trinajstić information content (AvgIpc) is 2.60. The summed E-state index contributed by atoms with van der Waals surface area (Å²) in [6.07, 6.45) is 1.35. The largest absolute Gasteiger partial charge is 0.506 e. The number of anilines is 1. The van der Waals surface area contributed by atoms with Crippen LogP contribution < -0.4 is 4.90 Å². The lowest BCUT2D eigenvalue weighted by Gasteiger charge is -2.48. The smallest absolute Gasteiger partial charge is 0.246 e. The van der Waals surface area contributed by atoms with Crippen LogP contribution in [0.3, 0.4) is 0 Å². The first-order valence-electron chi connectivity index (χ1n) is 9.02. The molecular formula is C19H25ClN4O3. The average molecular weight is 393 g/mol. The maximum absolute atomic E-state index is 12.6. The van der Waals surface area contributed by atoms with Gasteiger partial charge in [-0.3, -0.25) is 14.5 Å². The maximum atomic E-state index is 12.6. The Bertz CT molecular complexity index is 728. The predicted octanol–water partition coefficient (Wildman–Crippen LogP) is 1.02. The number of hydrogen-bond donors (Lipinski definition) is 1. The molecule has 2 aliphatic rings. The Labute approximate surface area is 164 Å². The number of likely N-dealkylation sites (tertiary alicyclic amines) is 1. The van der Waals surface area contributed by atoms with E-state index in [2.05, 4.69) is 11.5 Å². The Morgan fingerprint density at radius 1 is 1.26 bits per heavy atom. The van der Waals surface area contributed by atoms with Gasteiger partial charge in [0.25, 0.3) is 0 Å². The molecule has 0 atom stereocenters. The number of aromatic hydroxyl groups is 1. The summed E-state index contributed by atoms with van der Waals surface area (Å²) in [7, 11) is 1.77. The normalized spacial score (nSPS) is 18.1. The van der Waals surface area contributed by atoms with Crippen molar-refractivity contribution in [1.82, 2.24) is 14.7 Å². The highest BCUT2D eigenvalue weighted by Gasteiger charge is 2.35. The van der Waals surface area contributed by atoms with E-state index in [1.165, 1.54) is 12.1 Å². The second-order valence-corrected chi connectivity index (χ2v) is 7.44. The van der Waals surface area contributed by atoms with Gasteiger partial charge in [0, 0.05) is 63.4 Å². The van der Waals surface area contributed by atoms with Crippen LogP contribution in [0.2, 0.25) is 5.02 Å². The van der Waals surface area contributed by atoms with Gasteiger partial charge in [-0.05, 0) is 18.2 Å². The molecule has 0 aliphatic carbocycles. The molecule has 3 rings (SSSR count). The fraction of sp³-hybridized carbons (Fsp3) is 0.474. The van der Waals surface area contributed by atoms with Crippen LogP contribution in [0, 0.1) is 0 Å². The van der Waals surface area contributed by atoms with Crippen LogP contribution in [-0.4, -0.2) is 90.5 Å². The van der Waals surface area contributed by atoms with Gasteiger partial charge < -0.3 is 19.8 Å². The first kappa shape index (κ1) is 19.5. The lowest BCUT2D eigenvalue weighted by molar-refractivity contribution is -0.135. The molecule has 0 saturated carbocycles. The predicted molar refractivity (Wildman–Crippen MR) is 105 cm³/mol. The van der Waals surface area contributed by atoms with E-state index in [9.17, 15) is 14.7 Å². The number of nitrogens with zero attached hydrogens (tertiary/aromatic N) is 4. The second kappa shape index (κ2) is 8.19. The van der Waals surface area contributed by atoms with Crippen LogP contribution in [0.25, 0.3) is 0 Å². The number of phenols is 1. The summed E-state index contributed by atoms with van der Waals surface area (Å²) in [5.41, 5.74) is 0.577. The molecule has 2 amide bonds. The van der Waals surface area contributed by atoms with Crippen molar-refractivity contribution < 1.29 is 14.7 Å². The molecule has 1 aromatic carbocycles. The summed E-state index contributed by atoms with van der Waals surface area (Å²) in [5.74, 6) is 0.0725. The number of carbonyl (C=O) groups is 2. The van der Waals surface area contributed by atoms with Crippen LogP contribution >= 0.6 is 11.6 Å². The molecule has 27 heavy (non-hydrogen) atoms. The van der Waals surface area contributed by atoms with Gasteiger partial charge in [0.1, 0.15) is 5.75 Å². The molecule has 0 spiro atoms. The Kier molecular flexibility index (Phi) is 5.92. The molecule has 8 heteroatoms. The summed E-state index contributed by atoms with van der Waals surface area (Å²) in [6.45, 7) is 8.13. The number of halogens is 1. The quantitative estimate of drug-likeness (QED) is 0.758. The first-order valence-corrected chi connectivity index (χ1v) is 9.39. The van der Waals surface area contributed by atoms with Gasteiger partial charge in [0.15, 0.2) is 0 Å². The zero-order valence-corrected chi connectivity index (χ0v) is 16.2. The van der Waals surface area contributed by atoms with Crippen LogP contribution in [0.4, 0.5) is 5.69 Å². The molecule has 1 N–H and O–H groups in total. The summed E-state index contributed by atoms with van der Waals surface area (Å²) < 4.78 is 0. The lowest BCUT2D eigenvalue weighted by Crippen LogP contribution is -2.64. The third-order valence-electron chi connectivity index (χ3n) is 5.25. The monoisotopic (exact) mass is 392 g/mol. The Balaban J connectivity index is 1.46. The van der Waals surface area contributed by atoms with Crippen molar-refractivity contribution in [2.24, 2.45) is 0 Å². The van der Waals surface area contributed by atoms with E-state index in [4.69, 9.17) is 11.6 Å². The van der Waals surface area contributed by atoms with E-state index >= 15 is 0 Å². The highest BCUT2D eigenvalue weighted by molar-refractivity contribution is 6.30. The number of benzene rings is 1. The fourth-order valence-corrected chi connectivity index (χ4v) is 3.71. The number of phenolic OH excluding ortho intramolecular Hbond substituents is 1. The van der Waals surface area contributed by atoms with E-state index in [1.54, 1.807) is 29.0 Å². The van der Waals surface area contributed by atoms with Crippen molar-refractivity contribution >= 4 is 29.1 Å². The summed E-state index contributed by atoms with van der Waals surface area (Å²) in [4.78, 5) is 31.8. The van der Waals surface area contributed by atoms with E-state index < -0.39 is 0 Å². The van der Waals surface area contributed by atoms with Crippen LogP contribution in [0.5, 0.6) is 5.75 Å². The van der Waals surface area contributed by atoms with Crippen molar-refractivity contribution in [3.8, 4) is 5.75 Å². The second-order valence-electron chi connectivity index (χ2n) is 7.01. The van der Waals surface area contributed by atoms with Gasteiger partial charge in [-0.15, -0.1) is 0 Å². The topological polar surface area (TPSA) is 67.3 Å². The number of likely N-dealkylation sites (N-methyl/N-ethyl adjacent to an activating group) is 1. The summed E-state index contributed by atoms with van der Waals surface area (Å²) in [6, 6.07) is 5.24. The number of carbonyl (C=O) groups excluding carboxylic acids is 2. The van der Waals surface area contributed by atoms with Crippen molar-refractivity contribution in [2.75, 3.05) is 57.8 Å². The van der Waals surface area contributed by atoms with Crippen LogP contribution in [0.15, 0.2) is 30.9 Å². The molecule has 2 aliphatic heterocycles. The Morgan fingerprint density at radius 3 is 2.52 bits per heavy atom.